The van der Waals surface area contributed by atoms with Gasteiger partial charge < -0.3 is 10.5 Å². The number of rotatable bonds is 4. The summed E-state index contributed by atoms with van der Waals surface area (Å²) in [6.45, 7) is 1.89. The topological polar surface area (TPSA) is 137 Å². The number of nitrogen functional groups attached to an aromatic ring is 1. The van der Waals surface area contributed by atoms with Gasteiger partial charge in [-0.15, -0.1) is 0 Å². The number of carbonyl (C=O) groups excluding carboxylic acids is 1. The molecule has 0 unspecified atom stereocenters. The Kier molecular flexibility index (Phi) is 4.24. The van der Waals surface area contributed by atoms with E-state index in [-0.39, 0.29) is 29.2 Å². The Balaban J connectivity index is 2.24. The average Bonchev–Trinajstić information content (AvgIpc) is 3.06. The van der Waals surface area contributed by atoms with Crippen molar-refractivity contribution in [3.8, 4) is 17.2 Å². The first-order valence-corrected chi connectivity index (χ1v) is 7.60. The van der Waals surface area contributed by atoms with Crippen LogP contribution in [0.25, 0.3) is 16.6 Å². The van der Waals surface area contributed by atoms with Crippen LogP contribution in [-0.2, 0) is 4.74 Å². The standard InChI is InChI=1S/C17H13N5O4/c1-2-26-17(23)14-9-20-21-15(14)7-12(13(8-18)16(21)19)10-3-5-11(6-4-10)22(24)25/h3-7,9H,2,19H2,1H3. The molecule has 0 atom stereocenters. The lowest BCUT2D eigenvalue weighted by Gasteiger charge is -2.10. The van der Waals surface area contributed by atoms with E-state index in [4.69, 9.17) is 10.5 Å². The molecule has 0 spiro atoms. The molecule has 0 saturated carbocycles. The van der Waals surface area contributed by atoms with E-state index in [9.17, 15) is 20.2 Å². The first-order valence-electron chi connectivity index (χ1n) is 7.60. The van der Waals surface area contributed by atoms with Gasteiger partial charge in [0.25, 0.3) is 5.69 Å². The number of esters is 1. The lowest BCUT2D eigenvalue weighted by molar-refractivity contribution is -0.384. The van der Waals surface area contributed by atoms with Gasteiger partial charge in [-0.05, 0) is 30.7 Å². The van der Waals surface area contributed by atoms with Gasteiger partial charge in [0.2, 0.25) is 0 Å². The highest BCUT2D eigenvalue weighted by Gasteiger charge is 2.20. The molecule has 0 fully saturated rings. The number of ether oxygens (including phenoxy) is 1. The van der Waals surface area contributed by atoms with Crippen LogP contribution in [0, 0.1) is 21.4 Å². The molecule has 2 N–H and O–H groups in total. The number of anilines is 1. The highest BCUT2D eigenvalue weighted by Crippen LogP contribution is 2.31. The Morgan fingerprint density at radius 3 is 2.69 bits per heavy atom. The summed E-state index contributed by atoms with van der Waals surface area (Å²) in [5.41, 5.74) is 7.73. The summed E-state index contributed by atoms with van der Waals surface area (Å²) in [6, 6.07) is 9.31. The van der Waals surface area contributed by atoms with Crippen molar-refractivity contribution < 1.29 is 14.5 Å². The molecule has 3 aromatic rings. The number of aromatic nitrogens is 2. The van der Waals surface area contributed by atoms with Gasteiger partial charge in [0, 0.05) is 17.7 Å². The van der Waals surface area contributed by atoms with Crippen LogP contribution in [0.3, 0.4) is 0 Å². The van der Waals surface area contributed by atoms with Crippen molar-refractivity contribution in [2.75, 3.05) is 12.3 Å². The number of hydrogen-bond donors (Lipinski definition) is 1. The van der Waals surface area contributed by atoms with Crippen molar-refractivity contribution in [2.24, 2.45) is 0 Å². The first-order chi connectivity index (χ1) is 12.5. The largest absolute Gasteiger partial charge is 0.462 e. The fourth-order valence-corrected chi connectivity index (χ4v) is 2.62. The maximum atomic E-state index is 12.1. The lowest BCUT2D eigenvalue weighted by atomic mass is 10.00. The number of nitro benzene ring substituents is 1. The molecular formula is C17H13N5O4. The Morgan fingerprint density at radius 1 is 1.42 bits per heavy atom. The van der Waals surface area contributed by atoms with Gasteiger partial charge in [-0.25, -0.2) is 9.31 Å². The smallest absolute Gasteiger partial charge is 0.341 e. The van der Waals surface area contributed by atoms with Crippen LogP contribution in [-0.4, -0.2) is 27.1 Å². The fourth-order valence-electron chi connectivity index (χ4n) is 2.62. The summed E-state index contributed by atoms with van der Waals surface area (Å²) in [6.07, 6.45) is 1.32. The number of benzene rings is 1. The highest BCUT2D eigenvalue weighted by molar-refractivity contribution is 5.98. The molecule has 0 aliphatic carbocycles. The maximum absolute atomic E-state index is 12.1. The Labute approximate surface area is 147 Å². The molecule has 0 aliphatic heterocycles. The van der Waals surface area contributed by atoms with E-state index in [1.165, 1.54) is 35.0 Å². The van der Waals surface area contributed by atoms with E-state index in [2.05, 4.69) is 5.10 Å². The highest BCUT2D eigenvalue weighted by atomic mass is 16.6. The van der Waals surface area contributed by atoms with Gasteiger partial charge in [-0.3, -0.25) is 10.1 Å². The lowest BCUT2D eigenvalue weighted by Crippen LogP contribution is -2.07. The van der Waals surface area contributed by atoms with Crippen LogP contribution < -0.4 is 5.73 Å². The molecule has 26 heavy (non-hydrogen) atoms. The minimum absolute atomic E-state index is 0.0638. The minimum Gasteiger partial charge on any atom is -0.462 e. The second-order valence-corrected chi connectivity index (χ2v) is 5.31. The SMILES string of the molecule is CCOC(=O)c1cnn2c(N)c(C#N)c(-c3ccc([N+](=O)[O-])cc3)cc12. The summed E-state index contributed by atoms with van der Waals surface area (Å²) in [5.74, 6) is -0.491. The molecular weight excluding hydrogens is 338 g/mol. The van der Waals surface area contributed by atoms with Gasteiger partial charge in [0.15, 0.2) is 0 Å². The van der Waals surface area contributed by atoms with Crippen LogP contribution in [0.2, 0.25) is 0 Å². The summed E-state index contributed by atoms with van der Waals surface area (Å²) >= 11 is 0. The van der Waals surface area contributed by atoms with Crippen molar-refractivity contribution in [1.82, 2.24) is 9.61 Å². The molecule has 0 saturated heterocycles. The Bertz CT molecular complexity index is 1060. The van der Waals surface area contributed by atoms with Gasteiger partial charge in [-0.2, -0.15) is 10.4 Å². The van der Waals surface area contributed by atoms with Crippen LogP contribution in [0.4, 0.5) is 11.5 Å². The van der Waals surface area contributed by atoms with E-state index in [1.807, 2.05) is 6.07 Å². The van der Waals surface area contributed by atoms with E-state index in [1.54, 1.807) is 13.0 Å². The van der Waals surface area contributed by atoms with Gasteiger partial charge >= 0.3 is 5.97 Å². The second-order valence-electron chi connectivity index (χ2n) is 5.31. The normalized spacial score (nSPS) is 10.5. The molecule has 3 rings (SSSR count). The quantitative estimate of drug-likeness (QED) is 0.433. The van der Waals surface area contributed by atoms with Gasteiger partial charge in [-0.1, -0.05) is 0 Å². The summed E-state index contributed by atoms with van der Waals surface area (Å²) in [7, 11) is 0. The average molecular weight is 351 g/mol. The third kappa shape index (κ3) is 2.69. The molecule has 9 nitrogen and oxygen atoms in total. The van der Waals surface area contributed by atoms with Crippen LogP contribution in [0.5, 0.6) is 0 Å². The molecule has 1 aromatic carbocycles. The fraction of sp³-hybridized carbons (Fsp3) is 0.118. The van der Waals surface area contributed by atoms with Crippen molar-refractivity contribution in [3.63, 3.8) is 0 Å². The molecule has 0 amide bonds. The van der Waals surface area contributed by atoms with Crippen LogP contribution in [0.1, 0.15) is 22.8 Å². The number of non-ortho nitro benzene ring substituents is 1. The van der Waals surface area contributed by atoms with Crippen molar-refractivity contribution >= 4 is 23.0 Å². The monoisotopic (exact) mass is 351 g/mol. The van der Waals surface area contributed by atoms with Crippen LogP contribution >= 0.6 is 0 Å². The van der Waals surface area contributed by atoms with Crippen molar-refractivity contribution in [2.45, 2.75) is 6.92 Å². The predicted octanol–water partition coefficient (Wildman–Crippen LogP) is 2.54. The summed E-state index contributed by atoms with van der Waals surface area (Å²) in [5, 5.41) is 24.4. The summed E-state index contributed by atoms with van der Waals surface area (Å²) in [4.78, 5) is 22.4. The number of hydrogen-bond acceptors (Lipinski definition) is 7. The van der Waals surface area contributed by atoms with E-state index < -0.39 is 10.9 Å². The molecule has 2 aromatic heterocycles. The van der Waals surface area contributed by atoms with Crippen molar-refractivity contribution in [1.29, 1.82) is 5.26 Å². The zero-order valence-corrected chi connectivity index (χ0v) is 13.7. The molecule has 0 bridgehead atoms. The van der Waals surface area contributed by atoms with E-state index >= 15 is 0 Å². The first kappa shape index (κ1) is 16.9. The third-order valence-corrected chi connectivity index (χ3v) is 3.84. The molecule has 2 heterocycles. The number of pyridine rings is 1. The number of carbonyl (C=O) groups is 1. The molecule has 0 aliphatic rings. The summed E-state index contributed by atoms with van der Waals surface area (Å²) < 4.78 is 6.30. The minimum atomic E-state index is -0.554. The number of nitriles is 1. The molecule has 0 radical (unpaired) electrons. The van der Waals surface area contributed by atoms with E-state index in [0.717, 1.165) is 0 Å². The van der Waals surface area contributed by atoms with Gasteiger partial charge in [0.1, 0.15) is 23.0 Å². The zero-order chi connectivity index (χ0) is 18.8. The molecule has 9 heteroatoms. The second kappa shape index (κ2) is 6.52. The van der Waals surface area contributed by atoms with Gasteiger partial charge in [0.05, 0.1) is 23.2 Å². The molecule has 130 valence electrons. The number of nitro groups is 1. The third-order valence-electron chi connectivity index (χ3n) is 3.84. The number of fused-ring (bicyclic) bond motifs is 1. The Hall–Kier alpha value is -3.93. The predicted molar refractivity (Wildman–Crippen MR) is 92.4 cm³/mol. The number of nitrogens with two attached hydrogens (primary N) is 1. The zero-order valence-electron chi connectivity index (χ0n) is 13.7. The van der Waals surface area contributed by atoms with Crippen molar-refractivity contribution in [3.05, 3.63) is 57.8 Å². The number of nitrogens with zero attached hydrogens (tertiary/aromatic N) is 4. The van der Waals surface area contributed by atoms with E-state index in [0.29, 0.717) is 16.6 Å². The Morgan fingerprint density at radius 2 is 2.12 bits per heavy atom. The maximum Gasteiger partial charge on any atom is 0.341 e. The van der Waals surface area contributed by atoms with Crippen LogP contribution in [0.15, 0.2) is 36.5 Å².